The summed E-state index contributed by atoms with van der Waals surface area (Å²) < 4.78 is 21.3. The van der Waals surface area contributed by atoms with E-state index in [9.17, 15) is 29.4 Å². The van der Waals surface area contributed by atoms with Gasteiger partial charge in [0.05, 0.1) is 49.6 Å². The normalized spacial score (nSPS) is 12.7. The molecule has 2 aromatic carbocycles. The largest absolute Gasteiger partial charge is 2.00 e. The molecule has 0 spiro atoms. The molecule has 0 aliphatic carbocycles. The summed E-state index contributed by atoms with van der Waals surface area (Å²) in [6.45, 7) is 7.48. The average molecular weight is 1030 g/mol. The van der Waals surface area contributed by atoms with Crippen molar-refractivity contribution < 1.29 is 48.3 Å². The molecule has 0 fully saturated rings. The second-order valence-corrected chi connectivity index (χ2v) is 17.7. The van der Waals surface area contributed by atoms with Gasteiger partial charge in [-0.2, -0.15) is 0 Å². The Morgan fingerprint density at radius 2 is 0.631 bits per heavy atom. The van der Waals surface area contributed by atoms with Crippen LogP contribution in [0.5, 0.6) is 0 Å². The number of carbonyl (C=O) groups is 4. The van der Waals surface area contributed by atoms with E-state index in [4.69, 9.17) is 18.9 Å². The predicted octanol–water partition coefficient (Wildman–Crippen LogP) is 11.1. The minimum absolute atomic E-state index is 0. The van der Waals surface area contributed by atoms with Crippen molar-refractivity contribution in [1.29, 1.82) is 0 Å². The Morgan fingerprint density at radius 3 is 0.862 bits per heavy atom. The molecule has 4 atom stereocenters. The third-order valence-electron chi connectivity index (χ3n) is 11.5. The zero-order valence-electron chi connectivity index (χ0n) is 41.1. The fourth-order valence-electron chi connectivity index (χ4n) is 7.82. The molecule has 0 heterocycles. The van der Waals surface area contributed by atoms with Crippen molar-refractivity contribution in [2.24, 2.45) is 0 Å². The monoisotopic (exact) mass is 1030 g/mol. The van der Waals surface area contributed by atoms with E-state index in [1.807, 2.05) is 74.5 Å². The van der Waals surface area contributed by atoms with Crippen LogP contribution < -0.4 is 10.2 Å². The average Bonchev–Trinajstić information content (AvgIpc) is 3.26. The Kier molecular flexibility index (Phi) is 42.8. The third-order valence-corrected chi connectivity index (χ3v) is 11.5. The van der Waals surface area contributed by atoms with Crippen molar-refractivity contribution in [3.05, 3.63) is 71.8 Å². The maximum absolute atomic E-state index is 11.3. The molecule has 0 radical (unpaired) electrons. The second kappa shape index (κ2) is 44.3. The van der Waals surface area contributed by atoms with Gasteiger partial charge in [0.1, 0.15) is 0 Å². The van der Waals surface area contributed by atoms with E-state index in [0.29, 0.717) is 26.1 Å². The SMILES string of the molecule is CC(=O)OC(C)CCCCCCCCCCCCCCC(OCc1ccccc1)C(=O)[O-].CC(=O)OC(C)CCCCCCCCCCCCCCC(OCc1ccccc1)C(=O)[O-].[Ba+2]. The van der Waals surface area contributed by atoms with Gasteiger partial charge in [0.2, 0.25) is 0 Å². The van der Waals surface area contributed by atoms with Crippen LogP contribution in [0.4, 0.5) is 0 Å². The van der Waals surface area contributed by atoms with Crippen LogP contribution in [-0.4, -0.2) is 97.2 Å². The summed E-state index contributed by atoms with van der Waals surface area (Å²) in [6.07, 6.45) is 30.0. The Bertz CT molecular complexity index is 1320. The van der Waals surface area contributed by atoms with Crippen LogP contribution in [0.2, 0.25) is 0 Å². The van der Waals surface area contributed by atoms with Crippen molar-refractivity contribution >= 4 is 72.8 Å². The predicted molar refractivity (Wildman–Crippen MR) is 258 cm³/mol. The van der Waals surface area contributed by atoms with Crippen LogP contribution in [0.1, 0.15) is 219 Å². The van der Waals surface area contributed by atoms with Crippen molar-refractivity contribution in [2.45, 2.75) is 245 Å². The van der Waals surface area contributed by atoms with Gasteiger partial charge in [-0.3, -0.25) is 9.59 Å². The maximum Gasteiger partial charge on any atom is 2.00 e. The number of benzene rings is 2. The number of carboxylic acid groups (broad SMARTS) is 2. The van der Waals surface area contributed by atoms with E-state index in [0.717, 1.165) is 75.3 Å². The maximum atomic E-state index is 11.3. The van der Waals surface area contributed by atoms with E-state index >= 15 is 0 Å². The molecular weight excluding hydrogens is 946 g/mol. The molecular formula is C54H86BaO10. The number of esters is 2. The molecule has 0 aromatic heterocycles. The molecule has 11 heteroatoms. The summed E-state index contributed by atoms with van der Waals surface area (Å²) in [5, 5.41) is 22.6. The summed E-state index contributed by atoms with van der Waals surface area (Å²) in [4.78, 5) is 44.3. The standard InChI is InChI=1S/2C27H44O5.Ba/c2*1-23(32-24(2)28)18-14-11-9-7-5-3-4-6-8-10-12-17-21-26(27(29)30)31-22-25-19-15-13-16-20-25;/h2*13,15-16,19-20,23,26H,3-12,14,17-18,21-22H2,1-2H3,(H,29,30);/q;;+2/p-2. The smallest absolute Gasteiger partial charge is 0.547 e. The molecule has 2 rings (SSSR count). The molecule has 0 amide bonds. The van der Waals surface area contributed by atoms with Gasteiger partial charge >= 0.3 is 60.8 Å². The molecule has 364 valence electrons. The summed E-state index contributed by atoms with van der Waals surface area (Å²) in [7, 11) is 0. The van der Waals surface area contributed by atoms with Crippen LogP contribution in [0.3, 0.4) is 0 Å². The van der Waals surface area contributed by atoms with E-state index in [-0.39, 0.29) is 73.0 Å². The molecule has 0 N–H and O–H groups in total. The Morgan fingerprint density at radius 1 is 0.400 bits per heavy atom. The van der Waals surface area contributed by atoms with Crippen LogP contribution >= 0.6 is 0 Å². The first-order valence-corrected chi connectivity index (χ1v) is 25.0. The van der Waals surface area contributed by atoms with Gasteiger partial charge in [0.25, 0.3) is 0 Å². The Labute approximate surface area is 434 Å². The third kappa shape index (κ3) is 40.6. The Balaban J connectivity index is 0.00000124. The summed E-state index contributed by atoms with van der Waals surface area (Å²) in [5.41, 5.74) is 1.96. The van der Waals surface area contributed by atoms with Gasteiger partial charge in [-0.05, 0) is 63.5 Å². The first-order valence-electron chi connectivity index (χ1n) is 25.0. The van der Waals surface area contributed by atoms with E-state index in [2.05, 4.69) is 0 Å². The van der Waals surface area contributed by atoms with Crippen molar-refractivity contribution in [2.75, 3.05) is 0 Å². The first-order chi connectivity index (χ1) is 31.0. The van der Waals surface area contributed by atoms with Crippen LogP contribution in [-0.2, 0) is 51.3 Å². The van der Waals surface area contributed by atoms with E-state index in [1.165, 1.54) is 117 Å². The summed E-state index contributed by atoms with van der Waals surface area (Å²) in [6, 6.07) is 19.3. The molecule has 0 aliphatic rings. The quantitative estimate of drug-likeness (QED) is 0.0358. The number of unbranched alkanes of at least 4 members (excludes halogenated alkanes) is 22. The fraction of sp³-hybridized carbons (Fsp3) is 0.704. The molecule has 4 unspecified atom stereocenters. The van der Waals surface area contributed by atoms with Crippen LogP contribution in [0.15, 0.2) is 60.7 Å². The molecule has 0 saturated carbocycles. The van der Waals surface area contributed by atoms with Crippen molar-refractivity contribution in [3.63, 3.8) is 0 Å². The Hall–Kier alpha value is -2.19. The summed E-state index contributed by atoms with van der Waals surface area (Å²) >= 11 is 0. The van der Waals surface area contributed by atoms with Crippen LogP contribution in [0, 0.1) is 0 Å². The number of ether oxygens (including phenoxy) is 4. The number of aliphatic carboxylic acids is 2. The van der Waals surface area contributed by atoms with Crippen molar-refractivity contribution in [3.8, 4) is 0 Å². The number of carboxylic acids is 2. The molecule has 0 bridgehead atoms. The second-order valence-electron chi connectivity index (χ2n) is 17.7. The van der Waals surface area contributed by atoms with Crippen molar-refractivity contribution in [1.82, 2.24) is 0 Å². The minimum Gasteiger partial charge on any atom is -0.547 e. The number of hydrogen-bond acceptors (Lipinski definition) is 10. The molecule has 65 heavy (non-hydrogen) atoms. The minimum atomic E-state index is -1.11. The van der Waals surface area contributed by atoms with Gasteiger partial charge in [-0.1, -0.05) is 202 Å². The molecule has 0 saturated heterocycles. The first kappa shape index (κ1) is 62.8. The van der Waals surface area contributed by atoms with Gasteiger partial charge < -0.3 is 38.7 Å². The number of rotatable bonds is 40. The summed E-state index contributed by atoms with van der Waals surface area (Å²) in [5.74, 6) is -2.60. The van der Waals surface area contributed by atoms with Gasteiger partial charge in [-0.25, -0.2) is 0 Å². The fourth-order valence-corrected chi connectivity index (χ4v) is 7.82. The number of carbonyl (C=O) groups excluding carboxylic acids is 4. The van der Waals surface area contributed by atoms with Gasteiger partial charge in [0.15, 0.2) is 0 Å². The van der Waals surface area contributed by atoms with Gasteiger partial charge in [0, 0.05) is 13.8 Å². The van der Waals surface area contributed by atoms with E-state index in [1.54, 1.807) is 0 Å². The number of hydrogen-bond donors (Lipinski definition) is 0. The van der Waals surface area contributed by atoms with E-state index < -0.39 is 24.1 Å². The molecule has 10 nitrogen and oxygen atoms in total. The molecule has 0 aliphatic heterocycles. The van der Waals surface area contributed by atoms with Crippen LogP contribution in [0.25, 0.3) is 0 Å². The zero-order chi connectivity index (χ0) is 46.9. The topological polar surface area (TPSA) is 151 Å². The van der Waals surface area contributed by atoms with Gasteiger partial charge in [-0.15, -0.1) is 0 Å². The zero-order valence-corrected chi connectivity index (χ0v) is 45.5. The molecule has 2 aromatic rings.